The molecule has 0 N–H and O–H groups in total. The number of amides is 1. The lowest BCUT2D eigenvalue weighted by Gasteiger charge is -2.36. The summed E-state index contributed by atoms with van der Waals surface area (Å²) in [4.78, 5) is 16.6. The summed E-state index contributed by atoms with van der Waals surface area (Å²) in [6, 6.07) is 16.0. The average Bonchev–Trinajstić information content (AvgIpc) is 3.22. The van der Waals surface area contributed by atoms with Crippen LogP contribution in [-0.2, 0) is 4.79 Å². The maximum absolute atomic E-state index is 13.0. The zero-order chi connectivity index (χ0) is 19.3. The molecule has 0 saturated carbocycles. The number of carbonyl (C=O) groups excluding carboxylic acids is 1. The van der Waals surface area contributed by atoms with E-state index in [1.807, 2.05) is 23.1 Å². The van der Waals surface area contributed by atoms with E-state index in [1.54, 1.807) is 12.1 Å². The van der Waals surface area contributed by atoms with Gasteiger partial charge in [0.05, 0.1) is 5.75 Å². The quantitative estimate of drug-likeness (QED) is 0.615. The second-order valence-electron chi connectivity index (χ2n) is 6.37. The number of nitrogens with zero attached hydrogens (tertiary/aromatic N) is 4. The molecule has 1 aliphatic rings. The molecule has 0 radical (unpaired) electrons. The van der Waals surface area contributed by atoms with Gasteiger partial charge in [-0.15, -0.1) is 10.2 Å². The second kappa shape index (κ2) is 8.43. The summed E-state index contributed by atoms with van der Waals surface area (Å²) < 4.78 is 18.6. The van der Waals surface area contributed by atoms with Crippen molar-refractivity contribution in [2.24, 2.45) is 0 Å². The molecule has 2 aromatic carbocycles. The Kier molecular flexibility index (Phi) is 5.57. The number of hydrogen-bond donors (Lipinski definition) is 0. The van der Waals surface area contributed by atoms with E-state index in [0.29, 0.717) is 29.8 Å². The van der Waals surface area contributed by atoms with Crippen LogP contribution >= 0.6 is 11.8 Å². The lowest BCUT2D eigenvalue weighted by atomic mass is 10.2. The zero-order valence-corrected chi connectivity index (χ0v) is 15.9. The molecule has 1 aliphatic heterocycles. The van der Waals surface area contributed by atoms with Crippen molar-refractivity contribution in [3.63, 3.8) is 0 Å². The van der Waals surface area contributed by atoms with Gasteiger partial charge >= 0.3 is 0 Å². The molecule has 144 valence electrons. The van der Waals surface area contributed by atoms with Crippen molar-refractivity contribution in [1.82, 2.24) is 15.1 Å². The Morgan fingerprint density at radius 3 is 2.43 bits per heavy atom. The molecule has 1 fully saturated rings. The van der Waals surface area contributed by atoms with Gasteiger partial charge in [-0.2, -0.15) is 0 Å². The van der Waals surface area contributed by atoms with Gasteiger partial charge in [0.25, 0.3) is 5.22 Å². The summed E-state index contributed by atoms with van der Waals surface area (Å²) in [5.41, 5.74) is 1.83. The molecule has 0 bridgehead atoms. The Balaban J connectivity index is 1.28. The van der Waals surface area contributed by atoms with Crippen LogP contribution in [0.15, 0.2) is 64.2 Å². The fourth-order valence-corrected chi connectivity index (χ4v) is 3.71. The minimum Gasteiger partial charge on any atom is -0.411 e. The highest BCUT2D eigenvalue weighted by molar-refractivity contribution is 7.99. The first-order valence-electron chi connectivity index (χ1n) is 8.99. The Morgan fingerprint density at radius 1 is 1.00 bits per heavy atom. The van der Waals surface area contributed by atoms with E-state index >= 15 is 0 Å². The maximum atomic E-state index is 13.0. The highest BCUT2D eigenvalue weighted by Gasteiger charge is 2.22. The van der Waals surface area contributed by atoms with Gasteiger partial charge < -0.3 is 14.2 Å². The van der Waals surface area contributed by atoms with Crippen molar-refractivity contribution in [3.8, 4) is 11.5 Å². The molecule has 6 nitrogen and oxygen atoms in total. The number of aromatic nitrogens is 2. The first-order valence-corrected chi connectivity index (χ1v) is 9.97. The number of rotatable bonds is 5. The lowest BCUT2D eigenvalue weighted by Crippen LogP contribution is -2.49. The van der Waals surface area contributed by atoms with E-state index in [2.05, 4.69) is 27.2 Å². The highest BCUT2D eigenvalue weighted by atomic mass is 32.2. The number of carbonyl (C=O) groups is 1. The number of benzene rings is 2. The number of para-hydroxylation sites is 1. The Labute approximate surface area is 166 Å². The molecule has 0 atom stereocenters. The van der Waals surface area contributed by atoms with Gasteiger partial charge in [0.1, 0.15) is 5.82 Å². The van der Waals surface area contributed by atoms with Crippen LogP contribution in [0.2, 0.25) is 0 Å². The summed E-state index contributed by atoms with van der Waals surface area (Å²) in [5, 5.41) is 8.25. The molecule has 1 aromatic heterocycles. The zero-order valence-electron chi connectivity index (χ0n) is 15.1. The average molecular weight is 398 g/mol. The van der Waals surface area contributed by atoms with Crippen LogP contribution in [0.3, 0.4) is 0 Å². The number of thioether (sulfide) groups is 1. The van der Waals surface area contributed by atoms with Crippen LogP contribution in [0.4, 0.5) is 10.1 Å². The van der Waals surface area contributed by atoms with E-state index in [1.165, 1.54) is 29.6 Å². The number of anilines is 1. The standard InChI is InChI=1S/C20H19FN4O2S/c21-16-8-6-15(7-9-16)19-22-23-20(27-19)28-14-18(26)25-12-10-24(11-13-25)17-4-2-1-3-5-17/h1-9H,10-14H2. The normalized spacial score (nSPS) is 14.3. The van der Waals surface area contributed by atoms with Crippen LogP contribution in [0.25, 0.3) is 11.5 Å². The van der Waals surface area contributed by atoms with Crippen molar-refractivity contribution in [3.05, 3.63) is 60.4 Å². The van der Waals surface area contributed by atoms with E-state index in [0.717, 1.165) is 13.1 Å². The molecule has 3 aromatic rings. The van der Waals surface area contributed by atoms with Crippen LogP contribution in [0.5, 0.6) is 0 Å². The van der Waals surface area contributed by atoms with Gasteiger partial charge in [0.15, 0.2) is 0 Å². The molecule has 2 heterocycles. The number of piperazine rings is 1. The van der Waals surface area contributed by atoms with Crippen molar-refractivity contribution in [2.75, 3.05) is 36.8 Å². The van der Waals surface area contributed by atoms with Crippen LogP contribution in [0.1, 0.15) is 0 Å². The van der Waals surface area contributed by atoms with Gasteiger partial charge in [-0.25, -0.2) is 4.39 Å². The number of hydrogen-bond acceptors (Lipinski definition) is 6. The van der Waals surface area contributed by atoms with Gasteiger partial charge in [0, 0.05) is 37.4 Å². The predicted octanol–water partition coefficient (Wildman–Crippen LogP) is 3.32. The van der Waals surface area contributed by atoms with Crippen LogP contribution < -0.4 is 4.90 Å². The van der Waals surface area contributed by atoms with Crippen molar-refractivity contribution >= 4 is 23.4 Å². The van der Waals surface area contributed by atoms with Gasteiger partial charge in [-0.05, 0) is 36.4 Å². The fraction of sp³-hybridized carbons (Fsp3) is 0.250. The van der Waals surface area contributed by atoms with Gasteiger partial charge in [-0.1, -0.05) is 30.0 Å². The van der Waals surface area contributed by atoms with E-state index < -0.39 is 0 Å². The first kappa shape index (κ1) is 18.5. The molecule has 1 amide bonds. The summed E-state index contributed by atoms with van der Waals surface area (Å²) in [6.07, 6.45) is 0. The van der Waals surface area contributed by atoms with Crippen molar-refractivity contribution < 1.29 is 13.6 Å². The Bertz CT molecular complexity index is 925. The van der Waals surface area contributed by atoms with Crippen molar-refractivity contribution in [2.45, 2.75) is 5.22 Å². The van der Waals surface area contributed by atoms with E-state index in [-0.39, 0.29) is 17.5 Å². The molecule has 1 saturated heterocycles. The molecule has 0 aliphatic carbocycles. The number of halogens is 1. The lowest BCUT2D eigenvalue weighted by molar-refractivity contribution is -0.128. The smallest absolute Gasteiger partial charge is 0.277 e. The fourth-order valence-electron chi connectivity index (χ4n) is 3.04. The second-order valence-corrected chi connectivity index (χ2v) is 7.30. The highest BCUT2D eigenvalue weighted by Crippen LogP contribution is 2.24. The minimum absolute atomic E-state index is 0.0549. The van der Waals surface area contributed by atoms with Crippen molar-refractivity contribution in [1.29, 1.82) is 0 Å². The van der Waals surface area contributed by atoms with E-state index in [4.69, 9.17) is 4.42 Å². The van der Waals surface area contributed by atoms with Crippen LogP contribution in [-0.4, -0.2) is 52.9 Å². The molecule has 0 spiro atoms. The third-order valence-electron chi connectivity index (χ3n) is 4.57. The predicted molar refractivity (Wildman–Crippen MR) is 106 cm³/mol. The topological polar surface area (TPSA) is 62.5 Å². The largest absolute Gasteiger partial charge is 0.411 e. The third kappa shape index (κ3) is 4.33. The first-order chi connectivity index (χ1) is 13.7. The third-order valence-corrected chi connectivity index (χ3v) is 5.37. The summed E-state index contributed by atoms with van der Waals surface area (Å²) in [5.74, 6) is 0.289. The molecule has 4 rings (SSSR count). The summed E-state index contributed by atoms with van der Waals surface area (Å²) >= 11 is 1.22. The molecular weight excluding hydrogens is 379 g/mol. The summed E-state index contributed by atoms with van der Waals surface area (Å²) in [7, 11) is 0. The Morgan fingerprint density at radius 2 is 1.71 bits per heavy atom. The van der Waals surface area contributed by atoms with Crippen LogP contribution in [0, 0.1) is 5.82 Å². The Hall–Kier alpha value is -2.87. The molecular formula is C20H19FN4O2S. The maximum Gasteiger partial charge on any atom is 0.277 e. The van der Waals surface area contributed by atoms with E-state index in [9.17, 15) is 9.18 Å². The summed E-state index contributed by atoms with van der Waals surface area (Å²) in [6.45, 7) is 3.02. The van der Waals surface area contributed by atoms with Gasteiger partial charge in [0.2, 0.25) is 11.8 Å². The minimum atomic E-state index is -0.323. The molecule has 28 heavy (non-hydrogen) atoms. The monoisotopic (exact) mass is 398 g/mol. The molecule has 0 unspecified atom stereocenters. The molecule has 8 heteroatoms. The SMILES string of the molecule is O=C(CSc1nnc(-c2ccc(F)cc2)o1)N1CCN(c2ccccc2)CC1. The van der Waals surface area contributed by atoms with Gasteiger partial charge in [-0.3, -0.25) is 4.79 Å².